The number of anilines is 1. The van der Waals surface area contributed by atoms with Crippen molar-refractivity contribution < 1.29 is 85.6 Å². The van der Waals surface area contributed by atoms with Crippen LogP contribution in [0.15, 0.2) is 12.7 Å². The van der Waals surface area contributed by atoms with Gasteiger partial charge in [0.25, 0.3) is 0 Å². The van der Waals surface area contributed by atoms with Crippen molar-refractivity contribution in [2.24, 2.45) is 11.3 Å². The quantitative estimate of drug-likeness (QED) is 0.0251. The number of phosphoric ester groups is 3. The molecule has 0 saturated carbocycles. The van der Waals surface area contributed by atoms with Crippen LogP contribution in [-0.4, -0.2) is 134 Å². The molecule has 25 nitrogen and oxygen atoms in total. The molecule has 0 bridgehead atoms. The summed E-state index contributed by atoms with van der Waals surface area (Å²) in [5.41, 5.74) is 4.26. The van der Waals surface area contributed by atoms with Crippen LogP contribution in [0.1, 0.15) is 169 Å². The van der Waals surface area contributed by atoms with Crippen molar-refractivity contribution in [3.8, 4) is 0 Å². The zero-order valence-corrected chi connectivity index (χ0v) is 47.3. The zero-order chi connectivity index (χ0) is 55.7. The number of nitrogens with two attached hydrogens (primary N) is 1. The van der Waals surface area contributed by atoms with Gasteiger partial charge in [-0.2, -0.15) is 4.31 Å². The molecule has 11 N–H and O–H groups in total. The summed E-state index contributed by atoms with van der Waals surface area (Å²) in [6, 6.07) is 0. The van der Waals surface area contributed by atoms with Crippen LogP contribution in [0.5, 0.6) is 0 Å². The van der Waals surface area contributed by atoms with Crippen molar-refractivity contribution in [2.45, 2.75) is 199 Å². The number of carbonyl (C=O) groups excluding carboxylic acids is 3. The van der Waals surface area contributed by atoms with Crippen LogP contribution >= 0.6 is 35.2 Å². The third kappa shape index (κ3) is 26.8. The molecule has 0 aromatic carbocycles. The van der Waals surface area contributed by atoms with E-state index in [1.807, 2.05) is 0 Å². The Morgan fingerprint density at radius 1 is 0.800 bits per heavy atom. The summed E-state index contributed by atoms with van der Waals surface area (Å²) in [6.07, 6.45) is 15.9. The summed E-state index contributed by atoms with van der Waals surface area (Å²) in [6.45, 7) is 5.01. The number of hydrogen-bond acceptors (Lipinski definition) is 19. The normalized spacial score (nSPS) is 19.7. The Kier molecular flexibility index (Phi) is 30.1. The third-order valence-corrected chi connectivity index (χ3v) is 16.5. The number of aromatic nitrogens is 4. The Balaban J connectivity index is 1.23. The molecule has 1 saturated heterocycles. The van der Waals surface area contributed by atoms with E-state index in [-0.39, 0.29) is 53.8 Å². The van der Waals surface area contributed by atoms with Gasteiger partial charge in [-0.1, -0.05) is 155 Å². The number of phosphoric acid groups is 3. The van der Waals surface area contributed by atoms with Gasteiger partial charge < -0.3 is 56.0 Å². The molecule has 2 unspecified atom stereocenters. The van der Waals surface area contributed by atoms with E-state index in [0.717, 1.165) is 54.2 Å². The Bertz CT molecular complexity index is 2170. The highest BCUT2D eigenvalue weighted by Gasteiger charge is 2.50. The maximum absolute atomic E-state index is 12.8. The number of ether oxygens (including phenoxy) is 1. The monoisotopic (exact) mass is 1150 g/mol. The van der Waals surface area contributed by atoms with Crippen LogP contribution in [0.25, 0.3) is 11.2 Å². The fourth-order valence-electron chi connectivity index (χ4n) is 8.23. The molecular weight excluding hydrogens is 1060 g/mol. The fourth-order valence-corrected chi connectivity index (χ4v) is 11.8. The van der Waals surface area contributed by atoms with Gasteiger partial charge in [-0.25, -0.2) is 28.6 Å². The van der Waals surface area contributed by atoms with Gasteiger partial charge in [0.15, 0.2) is 22.8 Å². The SMILES string of the molecule is CC(C)CCCCCCCCCCCCCCCCCCC[C@H](O)CC(=O)SCCNC(=O)CCNC(=O)[C@H](O)C(C)(C)COP(=O)(O)OP(=O)(O)OC[C@H]1O[C@@H](n2cnc3c(N)ncnc32)[C@H](O)[C@@H]1OP(=O)(O)O. The number of aliphatic hydroxyl groups is 3. The lowest BCUT2D eigenvalue weighted by Crippen LogP contribution is -2.46. The first-order chi connectivity index (χ1) is 35.3. The Morgan fingerprint density at radius 2 is 1.35 bits per heavy atom. The van der Waals surface area contributed by atoms with Crippen molar-refractivity contribution in [3.05, 3.63) is 12.7 Å². The molecule has 2 aromatic heterocycles. The lowest BCUT2D eigenvalue weighted by atomic mass is 9.87. The first-order valence-electron chi connectivity index (χ1n) is 26.0. The molecule has 29 heteroatoms. The van der Waals surface area contributed by atoms with Gasteiger partial charge in [-0.05, 0) is 12.3 Å². The number of nitrogens with zero attached hydrogens (tertiary/aromatic N) is 4. The van der Waals surface area contributed by atoms with Gasteiger partial charge in [0, 0.05) is 37.1 Å². The molecule has 432 valence electrons. The first-order valence-corrected chi connectivity index (χ1v) is 31.5. The molecule has 0 spiro atoms. The molecule has 3 rings (SSSR count). The van der Waals surface area contributed by atoms with Gasteiger partial charge in [0.2, 0.25) is 11.8 Å². The molecule has 2 amide bonds. The van der Waals surface area contributed by atoms with Gasteiger partial charge in [0.05, 0.1) is 25.6 Å². The second-order valence-electron chi connectivity index (χ2n) is 20.1. The highest BCUT2D eigenvalue weighted by Crippen LogP contribution is 2.61. The zero-order valence-electron chi connectivity index (χ0n) is 43.8. The van der Waals surface area contributed by atoms with E-state index in [0.29, 0.717) is 6.42 Å². The molecule has 1 fully saturated rings. The smallest absolute Gasteiger partial charge is 0.393 e. The van der Waals surface area contributed by atoms with Gasteiger partial charge in [0.1, 0.15) is 36.3 Å². The summed E-state index contributed by atoms with van der Waals surface area (Å²) in [7, 11) is -16.4. The minimum atomic E-state index is -5.59. The number of carbonyl (C=O) groups is 3. The summed E-state index contributed by atoms with van der Waals surface area (Å²) in [5.74, 6) is -0.387. The van der Waals surface area contributed by atoms with Crippen LogP contribution in [0, 0.1) is 11.3 Å². The Morgan fingerprint density at radius 3 is 1.91 bits per heavy atom. The van der Waals surface area contributed by atoms with Gasteiger partial charge >= 0.3 is 23.5 Å². The molecule has 3 heterocycles. The van der Waals surface area contributed by atoms with Crippen LogP contribution in [0.4, 0.5) is 5.82 Å². The summed E-state index contributed by atoms with van der Waals surface area (Å²) >= 11 is 1.01. The van der Waals surface area contributed by atoms with Crippen molar-refractivity contribution in [1.29, 1.82) is 0 Å². The Hall–Kier alpha value is -2.48. The van der Waals surface area contributed by atoms with E-state index in [9.17, 15) is 63.0 Å². The average Bonchev–Trinajstić information content (AvgIpc) is 3.89. The van der Waals surface area contributed by atoms with Crippen molar-refractivity contribution in [1.82, 2.24) is 30.2 Å². The van der Waals surface area contributed by atoms with Crippen molar-refractivity contribution >= 4 is 69.1 Å². The number of amides is 2. The number of fused-ring (bicyclic) bond motifs is 1. The number of hydrogen-bond donors (Lipinski definition) is 10. The average molecular weight is 1150 g/mol. The summed E-state index contributed by atoms with van der Waals surface area (Å²) < 4.78 is 62.5. The second kappa shape index (κ2) is 33.8. The number of thioether (sulfide) groups is 1. The largest absolute Gasteiger partial charge is 0.481 e. The van der Waals surface area contributed by atoms with Crippen LogP contribution < -0.4 is 16.4 Å². The topological polar surface area (TPSA) is 384 Å². The molecule has 1 aliphatic heterocycles. The molecular formula is C46H84N7O18P3S. The maximum atomic E-state index is 12.8. The number of rotatable bonds is 41. The van der Waals surface area contributed by atoms with Gasteiger partial charge in [-0.3, -0.25) is 32.5 Å². The number of nitrogen functional groups attached to an aromatic ring is 1. The number of nitrogens with one attached hydrogen (secondary N) is 2. The number of unbranched alkanes of at least 4 members (excludes halogenated alkanes) is 16. The fraction of sp³-hybridized carbons (Fsp3) is 0.826. The minimum Gasteiger partial charge on any atom is -0.393 e. The van der Waals surface area contributed by atoms with E-state index >= 15 is 0 Å². The molecule has 75 heavy (non-hydrogen) atoms. The van der Waals surface area contributed by atoms with E-state index in [1.165, 1.54) is 110 Å². The second-order valence-corrected chi connectivity index (χ2v) is 25.5. The van der Waals surface area contributed by atoms with Crippen molar-refractivity contribution in [3.63, 3.8) is 0 Å². The minimum absolute atomic E-state index is 0.0267. The van der Waals surface area contributed by atoms with Crippen LogP contribution in [0.3, 0.4) is 0 Å². The maximum Gasteiger partial charge on any atom is 0.481 e. The van der Waals surface area contributed by atoms with E-state index in [1.54, 1.807) is 0 Å². The summed E-state index contributed by atoms with van der Waals surface area (Å²) in [5, 5.41) is 36.8. The summed E-state index contributed by atoms with van der Waals surface area (Å²) in [4.78, 5) is 88.7. The molecule has 0 radical (unpaired) electrons. The van der Waals surface area contributed by atoms with Crippen molar-refractivity contribution in [2.75, 3.05) is 37.8 Å². The highest BCUT2D eigenvalue weighted by molar-refractivity contribution is 8.13. The number of imidazole rings is 1. The Labute approximate surface area is 444 Å². The van der Waals surface area contributed by atoms with Gasteiger partial charge in [-0.15, -0.1) is 0 Å². The standard InChI is InChI=1S/C46H84N7O18P3S/c1-33(2)22-20-18-16-14-12-10-8-6-5-7-9-11-13-15-17-19-21-23-34(54)28-37(56)75-27-26-48-36(55)24-25-49-44(59)41(58)46(3,4)30-68-74(65,66)71-73(63,64)67-29-35-40(70-72(60,61)62)39(57)45(69-35)53-32-52-38-42(47)50-31-51-43(38)53/h31-35,39-41,45,54,57-58H,5-30H2,1-4H3,(H,48,55)(H,49,59)(H,63,64)(H,65,66)(H2,47,50,51)(H2,60,61,62)/t34-,35+,39+,40+,41-,45+/m0/s1. The molecule has 2 aromatic rings. The predicted molar refractivity (Wildman–Crippen MR) is 280 cm³/mol. The lowest BCUT2D eigenvalue weighted by Gasteiger charge is -2.30. The van der Waals surface area contributed by atoms with E-state index in [2.05, 4.69) is 48.3 Å². The molecule has 0 aliphatic carbocycles. The van der Waals surface area contributed by atoms with Crippen LogP contribution in [-0.2, 0) is 50.7 Å². The number of aliphatic hydroxyl groups excluding tert-OH is 3. The molecule has 8 atom stereocenters. The van der Waals surface area contributed by atoms with E-state index < -0.39 is 90.7 Å². The lowest BCUT2D eigenvalue weighted by molar-refractivity contribution is -0.137. The predicted octanol–water partition coefficient (Wildman–Crippen LogP) is 6.48. The van der Waals surface area contributed by atoms with E-state index in [4.69, 9.17) is 19.5 Å². The molecule has 1 aliphatic rings. The third-order valence-electron chi connectivity index (χ3n) is 12.5. The first kappa shape index (κ1) is 66.8. The van der Waals surface area contributed by atoms with Crippen LogP contribution in [0.2, 0.25) is 0 Å². The highest BCUT2D eigenvalue weighted by atomic mass is 32.2.